The summed E-state index contributed by atoms with van der Waals surface area (Å²) in [5, 5.41) is 0. The van der Waals surface area contributed by atoms with Gasteiger partial charge in [-0.2, -0.15) is 0 Å². The molecule has 1 heterocycles. The van der Waals surface area contributed by atoms with E-state index in [2.05, 4.69) is 4.98 Å². The van der Waals surface area contributed by atoms with Crippen molar-refractivity contribution in [1.29, 1.82) is 0 Å². The molecule has 3 N–H and O–H groups in total. The molecule has 12 heavy (non-hydrogen) atoms. The largest absolute Gasteiger partial charge is 0.369 e. The van der Waals surface area contributed by atoms with Crippen LogP contribution in [0.15, 0.2) is 17.1 Å². The first-order valence-electron chi connectivity index (χ1n) is 3.56. The molecule has 0 aromatic carbocycles. The molecule has 0 spiro atoms. The van der Waals surface area contributed by atoms with Gasteiger partial charge in [0.15, 0.2) is 0 Å². The van der Waals surface area contributed by atoms with Crippen molar-refractivity contribution >= 4 is 5.91 Å². The fourth-order valence-corrected chi connectivity index (χ4v) is 0.973. The van der Waals surface area contributed by atoms with Crippen LogP contribution in [0.1, 0.15) is 11.1 Å². The van der Waals surface area contributed by atoms with Gasteiger partial charge in [-0.05, 0) is 18.6 Å². The summed E-state index contributed by atoms with van der Waals surface area (Å²) >= 11 is 0. The minimum absolute atomic E-state index is 0.00296. The van der Waals surface area contributed by atoms with Crippen molar-refractivity contribution in [1.82, 2.24) is 4.98 Å². The van der Waals surface area contributed by atoms with Gasteiger partial charge in [-0.15, -0.1) is 0 Å². The second kappa shape index (κ2) is 3.21. The minimum atomic E-state index is -0.494. The highest BCUT2D eigenvalue weighted by Gasteiger charge is 2.02. The number of aromatic nitrogens is 1. The van der Waals surface area contributed by atoms with E-state index in [0.717, 1.165) is 5.56 Å². The zero-order valence-electron chi connectivity index (χ0n) is 6.76. The number of hydrogen-bond acceptors (Lipinski definition) is 2. The van der Waals surface area contributed by atoms with Gasteiger partial charge in [0.1, 0.15) is 0 Å². The zero-order valence-corrected chi connectivity index (χ0v) is 6.76. The maximum absolute atomic E-state index is 11.0. The average Bonchev–Trinajstić information content (AvgIpc) is 1.96. The highest BCUT2D eigenvalue weighted by Crippen LogP contribution is 1.96. The molecule has 0 fully saturated rings. The van der Waals surface area contributed by atoms with Gasteiger partial charge >= 0.3 is 0 Å². The van der Waals surface area contributed by atoms with E-state index in [1.165, 1.54) is 0 Å². The third kappa shape index (κ3) is 1.95. The van der Waals surface area contributed by atoms with E-state index < -0.39 is 5.91 Å². The van der Waals surface area contributed by atoms with Gasteiger partial charge in [-0.25, -0.2) is 0 Å². The molecule has 4 nitrogen and oxygen atoms in total. The molecule has 64 valence electrons. The lowest BCUT2D eigenvalue weighted by Gasteiger charge is -1.97. The molecule has 0 aliphatic heterocycles. The first-order chi connectivity index (χ1) is 5.59. The number of rotatable bonds is 2. The molecule has 0 saturated carbocycles. The van der Waals surface area contributed by atoms with Gasteiger partial charge in [-0.1, -0.05) is 0 Å². The highest BCUT2D eigenvalue weighted by atomic mass is 16.1. The molecule has 0 aliphatic carbocycles. The molecule has 0 atom stereocenters. The van der Waals surface area contributed by atoms with Crippen LogP contribution in [-0.4, -0.2) is 10.9 Å². The Labute approximate surface area is 69.4 Å². The van der Waals surface area contributed by atoms with E-state index in [-0.39, 0.29) is 12.0 Å². The molecule has 1 aromatic heterocycles. The number of nitrogens with one attached hydrogen (secondary N) is 1. The Balaban J connectivity index is 3.06. The van der Waals surface area contributed by atoms with Crippen LogP contribution in [-0.2, 0) is 11.2 Å². The molecule has 1 rings (SSSR count). The molecule has 0 radical (unpaired) electrons. The summed E-state index contributed by atoms with van der Waals surface area (Å²) in [7, 11) is 0. The number of carbonyl (C=O) groups excluding carboxylic acids is 1. The molecule has 1 amide bonds. The number of aryl methyl sites for hydroxylation is 1. The molecule has 0 unspecified atom stereocenters. The van der Waals surface area contributed by atoms with Gasteiger partial charge in [0.05, 0.1) is 6.42 Å². The summed E-state index contributed by atoms with van der Waals surface area (Å²) in [6.45, 7) is 1.83. The number of amides is 1. The molecule has 1 aromatic rings. The topological polar surface area (TPSA) is 75.9 Å². The van der Waals surface area contributed by atoms with Crippen LogP contribution in [0, 0.1) is 6.92 Å². The maximum atomic E-state index is 11.0. The summed E-state index contributed by atoms with van der Waals surface area (Å²) in [6, 6.07) is 1.66. The number of hydrogen-bond donors (Lipinski definition) is 2. The number of H-pyrrole nitrogens is 1. The Morgan fingerprint density at radius 3 is 2.92 bits per heavy atom. The third-order valence-corrected chi connectivity index (χ3v) is 1.49. The van der Waals surface area contributed by atoms with Gasteiger partial charge in [0.25, 0.3) is 5.56 Å². The highest BCUT2D eigenvalue weighted by molar-refractivity contribution is 5.76. The average molecular weight is 166 g/mol. The quantitative estimate of drug-likeness (QED) is 0.633. The molecular formula is C8H10N2O2. The van der Waals surface area contributed by atoms with Crippen LogP contribution in [0.2, 0.25) is 0 Å². The van der Waals surface area contributed by atoms with Crippen LogP contribution in [0.3, 0.4) is 0 Å². The van der Waals surface area contributed by atoms with Crippen molar-refractivity contribution in [3.63, 3.8) is 0 Å². The fraction of sp³-hybridized carbons (Fsp3) is 0.250. The molecule has 0 bridgehead atoms. The van der Waals surface area contributed by atoms with Crippen LogP contribution >= 0.6 is 0 Å². The van der Waals surface area contributed by atoms with E-state index in [1.807, 2.05) is 6.92 Å². The van der Waals surface area contributed by atoms with Gasteiger partial charge in [0, 0.05) is 11.8 Å². The summed E-state index contributed by atoms with van der Waals surface area (Å²) < 4.78 is 0. The normalized spacial score (nSPS) is 9.75. The Kier molecular flexibility index (Phi) is 2.28. The van der Waals surface area contributed by atoms with Crippen molar-refractivity contribution < 1.29 is 4.79 Å². The summed E-state index contributed by atoms with van der Waals surface area (Å²) in [5.74, 6) is -0.494. The summed E-state index contributed by atoms with van der Waals surface area (Å²) in [4.78, 5) is 24.1. The Bertz CT molecular complexity index is 354. The molecule has 0 saturated heterocycles. The summed E-state index contributed by atoms with van der Waals surface area (Å²) in [6.07, 6.45) is 1.59. The Morgan fingerprint density at radius 1 is 1.67 bits per heavy atom. The monoisotopic (exact) mass is 166 g/mol. The third-order valence-electron chi connectivity index (χ3n) is 1.49. The maximum Gasteiger partial charge on any atom is 0.251 e. The van der Waals surface area contributed by atoms with Crippen molar-refractivity contribution in [3.05, 3.63) is 33.7 Å². The minimum Gasteiger partial charge on any atom is -0.369 e. The molecular weight excluding hydrogens is 156 g/mol. The van der Waals surface area contributed by atoms with E-state index in [4.69, 9.17) is 5.73 Å². The van der Waals surface area contributed by atoms with Crippen molar-refractivity contribution in [2.24, 2.45) is 5.73 Å². The lowest BCUT2D eigenvalue weighted by Crippen LogP contribution is -2.20. The van der Waals surface area contributed by atoms with Crippen molar-refractivity contribution in [2.75, 3.05) is 0 Å². The second-order valence-electron chi connectivity index (χ2n) is 2.67. The number of carbonyl (C=O) groups is 1. The lowest BCUT2D eigenvalue weighted by molar-refractivity contribution is -0.117. The number of primary amides is 1. The zero-order chi connectivity index (χ0) is 9.14. The van der Waals surface area contributed by atoms with E-state index in [9.17, 15) is 9.59 Å². The predicted molar refractivity (Wildman–Crippen MR) is 44.7 cm³/mol. The Hall–Kier alpha value is -1.58. The van der Waals surface area contributed by atoms with Crippen molar-refractivity contribution in [2.45, 2.75) is 13.3 Å². The SMILES string of the molecule is Cc1c[nH]c(=O)c(CC(N)=O)c1. The predicted octanol–water partition coefficient (Wildman–Crippen LogP) is -0.289. The van der Waals surface area contributed by atoms with E-state index in [1.54, 1.807) is 12.3 Å². The first-order valence-corrected chi connectivity index (χ1v) is 3.56. The first kappa shape index (κ1) is 8.52. The molecule has 0 aliphatic rings. The standard InChI is InChI=1S/C8H10N2O2/c1-5-2-6(3-7(9)11)8(12)10-4-5/h2,4H,3H2,1H3,(H2,9,11)(H,10,12). The van der Waals surface area contributed by atoms with Crippen LogP contribution < -0.4 is 11.3 Å². The number of aromatic amines is 1. The second-order valence-corrected chi connectivity index (χ2v) is 2.67. The molecule has 4 heteroatoms. The fourth-order valence-electron chi connectivity index (χ4n) is 0.973. The van der Waals surface area contributed by atoms with Gasteiger partial charge < -0.3 is 10.7 Å². The summed E-state index contributed by atoms with van der Waals surface area (Å²) in [5.41, 5.74) is 6.03. The van der Waals surface area contributed by atoms with E-state index >= 15 is 0 Å². The van der Waals surface area contributed by atoms with E-state index in [0.29, 0.717) is 5.56 Å². The van der Waals surface area contributed by atoms with Crippen LogP contribution in [0.4, 0.5) is 0 Å². The number of nitrogens with two attached hydrogens (primary N) is 1. The Morgan fingerprint density at radius 2 is 2.33 bits per heavy atom. The van der Waals surface area contributed by atoms with Gasteiger partial charge in [0.2, 0.25) is 5.91 Å². The van der Waals surface area contributed by atoms with Crippen molar-refractivity contribution in [3.8, 4) is 0 Å². The lowest BCUT2D eigenvalue weighted by atomic mass is 10.1. The smallest absolute Gasteiger partial charge is 0.251 e. The van der Waals surface area contributed by atoms with Crippen LogP contribution in [0.25, 0.3) is 0 Å². The number of pyridine rings is 1. The van der Waals surface area contributed by atoms with Gasteiger partial charge in [-0.3, -0.25) is 9.59 Å². The van der Waals surface area contributed by atoms with Crippen LogP contribution in [0.5, 0.6) is 0 Å².